The molecule has 6 heteroatoms. The molecule has 0 N–H and O–H groups in total. The molecule has 26 heavy (non-hydrogen) atoms. The molecule has 0 saturated carbocycles. The molecule has 2 aromatic carbocycles. The molecule has 5 nitrogen and oxygen atoms in total. The van der Waals surface area contributed by atoms with Crippen LogP contribution in [-0.2, 0) is 10.0 Å². The van der Waals surface area contributed by atoms with Gasteiger partial charge in [0, 0.05) is 51.6 Å². The van der Waals surface area contributed by atoms with Crippen molar-refractivity contribution in [2.75, 3.05) is 50.1 Å². The summed E-state index contributed by atoms with van der Waals surface area (Å²) in [5.41, 5.74) is 4.18. The van der Waals surface area contributed by atoms with Gasteiger partial charge >= 0.3 is 0 Å². The molecule has 140 valence electrons. The third-order valence-corrected chi connectivity index (χ3v) is 6.98. The maximum absolute atomic E-state index is 13.0. The highest BCUT2D eigenvalue weighted by Gasteiger charge is 2.29. The van der Waals surface area contributed by atoms with Crippen molar-refractivity contribution in [3.8, 4) is 0 Å². The van der Waals surface area contributed by atoms with Crippen molar-refractivity contribution >= 4 is 21.4 Å². The molecule has 1 saturated heterocycles. The van der Waals surface area contributed by atoms with Crippen LogP contribution in [0.15, 0.2) is 47.4 Å². The fourth-order valence-electron chi connectivity index (χ4n) is 3.38. The Hall–Kier alpha value is -2.05. The van der Waals surface area contributed by atoms with Gasteiger partial charge in [-0.15, -0.1) is 0 Å². The number of anilines is 2. The van der Waals surface area contributed by atoms with E-state index in [4.69, 9.17) is 0 Å². The van der Waals surface area contributed by atoms with Crippen molar-refractivity contribution in [3.05, 3.63) is 53.6 Å². The van der Waals surface area contributed by atoms with Gasteiger partial charge in [0.2, 0.25) is 10.0 Å². The Kier molecular flexibility index (Phi) is 5.25. The van der Waals surface area contributed by atoms with Crippen LogP contribution in [0.25, 0.3) is 0 Å². The summed E-state index contributed by atoms with van der Waals surface area (Å²) >= 11 is 0. The zero-order chi connectivity index (χ0) is 18.9. The molecule has 0 atom stereocenters. The van der Waals surface area contributed by atoms with E-state index < -0.39 is 10.0 Å². The Bertz CT molecular complexity index is 868. The van der Waals surface area contributed by atoms with Crippen LogP contribution in [0.4, 0.5) is 11.4 Å². The Morgan fingerprint density at radius 3 is 2.04 bits per heavy atom. The third kappa shape index (κ3) is 3.71. The molecule has 1 heterocycles. The summed E-state index contributed by atoms with van der Waals surface area (Å²) in [5.74, 6) is 0. The summed E-state index contributed by atoms with van der Waals surface area (Å²) in [6, 6.07) is 13.9. The maximum Gasteiger partial charge on any atom is 0.243 e. The lowest BCUT2D eigenvalue weighted by atomic mass is 10.2. The van der Waals surface area contributed by atoms with E-state index in [2.05, 4.69) is 34.1 Å². The number of benzene rings is 2. The first kappa shape index (κ1) is 18.7. The van der Waals surface area contributed by atoms with E-state index in [1.165, 1.54) is 0 Å². The fourth-order valence-corrected chi connectivity index (χ4v) is 5.00. The van der Waals surface area contributed by atoms with Crippen molar-refractivity contribution in [1.82, 2.24) is 4.31 Å². The van der Waals surface area contributed by atoms with E-state index in [-0.39, 0.29) is 0 Å². The van der Waals surface area contributed by atoms with Crippen LogP contribution in [0.1, 0.15) is 11.1 Å². The lowest BCUT2D eigenvalue weighted by molar-refractivity contribution is 0.384. The predicted molar refractivity (Wildman–Crippen MR) is 108 cm³/mol. The summed E-state index contributed by atoms with van der Waals surface area (Å²) in [5, 5.41) is 0. The first-order valence-electron chi connectivity index (χ1n) is 8.89. The van der Waals surface area contributed by atoms with Crippen LogP contribution in [0.5, 0.6) is 0 Å². The molecule has 1 aliphatic heterocycles. The van der Waals surface area contributed by atoms with E-state index >= 15 is 0 Å². The third-order valence-electron chi connectivity index (χ3n) is 4.92. The second-order valence-corrected chi connectivity index (χ2v) is 8.98. The van der Waals surface area contributed by atoms with Gasteiger partial charge in [-0.2, -0.15) is 4.31 Å². The van der Waals surface area contributed by atoms with Crippen LogP contribution in [0.2, 0.25) is 0 Å². The topological polar surface area (TPSA) is 43.9 Å². The van der Waals surface area contributed by atoms with Gasteiger partial charge in [0.05, 0.1) is 4.90 Å². The Balaban J connectivity index is 1.71. The molecular weight excluding hydrogens is 346 g/mol. The highest BCUT2D eigenvalue weighted by Crippen LogP contribution is 2.25. The van der Waals surface area contributed by atoms with Crippen LogP contribution in [0.3, 0.4) is 0 Å². The van der Waals surface area contributed by atoms with E-state index in [0.29, 0.717) is 31.1 Å². The standard InChI is InChI=1S/C20H27N3O2S/c1-16-5-10-20(17(2)15-16)26(24,25)23-13-11-22(12-14-23)19-8-6-18(7-9-19)21(3)4/h5-10,15H,11-14H2,1-4H3. The summed E-state index contributed by atoms with van der Waals surface area (Å²) in [7, 11) is 0.606. The van der Waals surface area contributed by atoms with Gasteiger partial charge in [-0.05, 0) is 49.7 Å². The highest BCUT2D eigenvalue weighted by atomic mass is 32.2. The van der Waals surface area contributed by atoms with E-state index in [0.717, 1.165) is 22.5 Å². The monoisotopic (exact) mass is 373 g/mol. The lowest BCUT2D eigenvalue weighted by Crippen LogP contribution is -2.48. The molecule has 1 aliphatic rings. The van der Waals surface area contributed by atoms with Gasteiger partial charge in [-0.3, -0.25) is 0 Å². The Morgan fingerprint density at radius 1 is 0.885 bits per heavy atom. The van der Waals surface area contributed by atoms with E-state index in [9.17, 15) is 8.42 Å². The number of nitrogens with zero attached hydrogens (tertiary/aromatic N) is 3. The normalized spacial score (nSPS) is 15.9. The summed E-state index contributed by atoms with van der Waals surface area (Å²) in [6.07, 6.45) is 0. The van der Waals surface area contributed by atoms with Crippen molar-refractivity contribution in [1.29, 1.82) is 0 Å². The molecule has 0 unspecified atom stereocenters. The minimum atomic E-state index is -3.43. The number of hydrogen-bond donors (Lipinski definition) is 0. The molecule has 0 aliphatic carbocycles. The second-order valence-electron chi connectivity index (χ2n) is 7.07. The second kappa shape index (κ2) is 7.29. The minimum absolute atomic E-state index is 0.423. The largest absolute Gasteiger partial charge is 0.378 e. The molecule has 0 amide bonds. The molecule has 1 fully saturated rings. The van der Waals surface area contributed by atoms with Gasteiger partial charge in [0.15, 0.2) is 0 Å². The molecular formula is C20H27N3O2S. The fraction of sp³-hybridized carbons (Fsp3) is 0.400. The van der Waals surface area contributed by atoms with Crippen molar-refractivity contribution in [2.24, 2.45) is 0 Å². The quantitative estimate of drug-likeness (QED) is 0.827. The molecule has 2 aromatic rings. The Labute approximate surface area is 156 Å². The number of aryl methyl sites for hydroxylation is 2. The Morgan fingerprint density at radius 2 is 1.50 bits per heavy atom. The maximum atomic E-state index is 13.0. The lowest BCUT2D eigenvalue weighted by Gasteiger charge is -2.35. The predicted octanol–water partition coefficient (Wildman–Crippen LogP) is 2.88. The highest BCUT2D eigenvalue weighted by molar-refractivity contribution is 7.89. The zero-order valence-corrected chi connectivity index (χ0v) is 16.8. The molecule has 0 bridgehead atoms. The molecule has 3 rings (SSSR count). The number of piperazine rings is 1. The summed E-state index contributed by atoms with van der Waals surface area (Å²) < 4.78 is 27.6. The molecule has 0 aromatic heterocycles. The first-order chi connectivity index (χ1) is 12.3. The van der Waals surface area contributed by atoms with Crippen LogP contribution in [-0.4, -0.2) is 53.0 Å². The van der Waals surface area contributed by atoms with Crippen LogP contribution < -0.4 is 9.80 Å². The SMILES string of the molecule is Cc1ccc(S(=O)(=O)N2CCN(c3ccc(N(C)C)cc3)CC2)c(C)c1. The number of rotatable bonds is 4. The van der Waals surface area contributed by atoms with Gasteiger partial charge < -0.3 is 9.80 Å². The van der Waals surface area contributed by atoms with E-state index in [1.807, 2.05) is 40.1 Å². The van der Waals surface area contributed by atoms with Gasteiger partial charge in [0.1, 0.15) is 0 Å². The number of hydrogen-bond acceptors (Lipinski definition) is 4. The van der Waals surface area contributed by atoms with Crippen molar-refractivity contribution < 1.29 is 8.42 Å². The summed E-state index contributed by atoms with van der Waals surface area (Å²) in [6.45, 7) is 6.25. The molecule has 0 spiro atoms. The smallest absolute Gasteiger partial charge is 0.243 e. The van der Waals surface area contributed by atoms with Crippen LogP contribution in [0, 0.1) is 13.8 Å². The first-order valence-corrected chi connectivity index (χ1v) is 10.3. The zero-order valence-electron chi connectivity index (χ0n) is 15.9. The van der Waals surface area contributed by atoms with Crippen molar-refractivity contribution in [3.63, 3.8) is 0 Å². The van der Waals surface area contributed by atoms with Crippen molar-refractivity contribution in [2.45, 2.75) is 18.7 Å². The average Bonchev–Trinajstić information content (AvgIpc) is 2.61. The minimum Gasteiger partial charge on any atom is -0.378 e. The van der Waals surface area contributed by atoms with Crippen LogP contribution >= 0.6 is 0 Å². The van der Waals surface area contributed by atoms with Gasteiger partial charge in [-0.1, -0.05) is 17.7 Å². The van der Waals surface area contributed by atoms with Gasteiger partial charge in [0.25, 0.3) is 0 Å². The molecule has 0 radical (unpaired) electrons. The summed E-state index contributed by atoms with van der Waals surface area (Å²) in [4.78, 5) is 4.73. The van der Waals surface area contributed by atoms with Gasteiger partial charge in [-0.25, -0.2) is 8.42 Å². The average molecular weight is 374 g/mol. The number of sulfonamides is 1. The van der Waals surface area contributed by atoms with E-state index in [1.54, 1.807) is 10.4 Å².